The number of hydrogen-bond acceptors (Lipinski definition) is 11. The number of methoxy groups -OCH3 is 2. The minimum atomic E-state index is -0.954. The van der Waals surface area contributed by atoms with Crippen LogP contribution in [0, 0.1) is 13.8 Å². The number of halogens is 1. The Kier molecular flexibility index (Phi) is 20.4. The number of fused-ring (bicyclic) bond motifs is 2. The van der Waals surface area contributed by atoms with Crippen LogP contribution in [0.25, 0.3) is 21.8 Å². The second-order valence-electron chi connectivity index (χ2n) is 11.7. The number of esters is 2. The van der Waals surface area contributed by atoms with Gasteiger partial charge in [0.1, 0.15) is 18.0 Å². The summed E-state index contributed by atoms with van der Waals surface area (Å²) in [5.41, 5.74) is 9.77. The van der Waals surface area contributed by atoms with Crippen LogP contribution < -0.4 is 15.9 Å². The molecule has 15 heteroatoms. The summed E-state index contributed by atoms with van der Waals surface area (Å²) >= 11 is 2.34. The number of benzene rings is 3. The van der Waals surface area contributed by atoms with Crippen LogP contribution >= 0.6 is 22.6 Å². The summed E-state index contributed by atoms with van der Waals surface area (Å²) in [5, 5.41) is 18.5. The first kappa shape index (κ1) is 47.2. The van der Waals surface area contributed by atoms with Crippen LogP contribution in [0.1, 0.15) is 76.6 Å². The Hall–Kier alpha value is -5.84. The number of carbonyl (C=O) groups is 5. The number of aromatic carboxylic acids is 2. The van der Waals surface area contributed by atoms with Crippen molar-refractivity contribution in [1.82, 2.24) is 9.97 Å². The van der Waals surface area contributed by atoms with Gasteiger partial charge in [-0.15, -0.1) is 0 Å². The topological polar surface area (TPSA) is 225 Å². The van der Waals surface area contributed by atoms with Gasteiger partial charge in [-0.05, 0) is 88.4 Å². The molecule has 5 N–H and O–H groups in total. The standard InChI is InChI=1S/2C12H11NO3.C7H7NO2.C6H10O3.C3H7I/c1-7-5-11(16-2)9-6-8(12(14)15)3-4-10(9)13-7;1-7-5-11(14)9-6-8(12(15)16-2)3-4-10(9)13-7;8-6-3-1-5(2-4-6)7(9)10;1-3-9-6(8)4-5(2)7;1-3(2)4/h3-6H,1-2H3,(H,14,15);3-6H,1-2H3,(H,13,14);1-4H,8H2,(H,9,10);3-4H2,1-2H3;3H,1-2H3. The maximum Gasteiger partial charge on any atom is 0.337 e. The van der Waals surface area contributed by atoms with Gasteiger partial charge in [0, 0.05) is 49.4 Å². The molecule has 0 atom stereocenters. The van der Waals surface area contributed by atoms with Gasteiger partial charge < -0.3 is 35.1 Å². The lowest BCUT2D eigenvalue weighted by atomic mass is 10.1. The van der Waals surface area contributed by atoms with Crippen LogP contribution in [0.3, 0.4) is 0 Å². The van der Waals surface area contributed by atoms with Crippen molar-refractivity contribution in [3.8, 4) is 5.75 Å². The average Bonchev–Trinajstić information content (AvgIpc) is 3.11. The van der Waals surface area contributed by atoms with Gasteiger partial charge in [0.2, 0.25) is 0 Å². The number of rotatable bonds is 7. The zero-order valence-electron chi connectivity index (χ0n) is 31.9. The van der Waals surface area contributed by atoms with Gasteiger partial charge in [0.05, 0.1) is 43.0 Å². The molecule has 0 saturated heterocycles. The highest BCUT2D eigenvalue weighted by molar-refractivity contribution is 14.1. The number of hydrogen-bond donors (Lipinski definition) is 4. The fraction of sp³-hybridized carbons (Fsp3) is 0.275. The van der Waals surface area contributed by atoms with Crippen LogP contribution in [0.4, 0.5) is 5.69 Å². The van der Waals surface area contributed by atoms with Crippen molar-refractivity contribution in [3.05, 3.63) is 111 Å². The average molecular weight is 872 g/mol. The summed E-state index contributed by atoms with van der Waals surface area (Å²) in [6.45, 7) is 11.4. The molecule has 0 spiro atoms. The van der Waals surface area contributed by atoms with Gasteiger partial charge in [-0.25, -0.2) is 14.4 Å². The fourth-order valence-electron chi connectivity index (χ4n) is 4.29. The van der Waals surface area contributed by atoms with E-state index in [0.29, 0.717) is 34.4 Å². The highest BCUT2D eigenvalue weighted by Gasteiger charge is 2.10. The number of ether oxygens (including phenoxy) is 3. The number of aromatic nitrogens is 2. The minimum Gasteiger partial charge on any atom is -0.496 e. The first-order chi connectivity index (χ1) is 25.8. The number of nitrogens with zero attached hydrogens (tertiary/aromatic N) is 1. The van der Waals surface area contributed by atoms with E-state index in [1.54, 1.807) is 62.6 Å². The number of carboxylic acids is 2. The molecule has 0 aliphatic carbocycles. The summed E-state index contributed by atoms with van der Waals surface area (Å²) in [6.07, 6.45) is -0.103. The number of ketones is 1. The monoisotopic (exact) mass is 871 g/mol. The van der Waals surface area contributed by atoms with Crippen molar-refractivity contribution < 1.29 is 48.4 Å². The Morgan fingerprint density at radius 1 is 0.836 bits per heavy atom. The maximum atomic E-state index is 11.7. The number of carboxylic acid groups (broad SMARTS) is 2. The lowest BCUT2D eigenvalue weighted by Crippen LogP contribution is -2.07. The van der Waals surface area contributed by atoms with Crippen LogP contribution in [-0.2, 0) is 19.1 Å². The molecule has 0 fully saturated rings. The fourth-order valence-corrected chi connectivity index (χ4v) is 4.29. The van der Waals surface area contributed by atoms with Gasteiger partial charge >= 0.3 is 23.9 Å². The molecule has 0 bridgehead atoms. The zero-order valence-corrected chi connectivity index (χ0v) is 34.0. The SMILES string of the molecule is CC(C)I.CCOC(=O)CC(C)=O.COC(=O)c1ccc2[nH]c(C)cc(=O)c2c1.COc1cc(C)nc2ccc(C(=O)O)cc12.Nc1ccc(C(=O)O)cc1. The van der Waals surface area contributed by atoms with Crippen molar-refractivity contribution in [1.29, 1.82) is 0 Å². The van der Waals surface area contributed by atoms with E-state index in [2.05, 4.69) is 55.9 Å². The molecule has 14 nitrogen and oxygen atoms in total. The zero-order chi connectivity index (χ0) is 41.8. The first-order valence-corrected chi connectivity index (χ1v) is 17.9. The third-order valence-electron chi connectivity index (χ3n) is 6.61. The quantitative estimate of drug-likeness (QED) is 0.0418. The van der Waals surface area contributed by atoms with Gasteiger partial charge in [-0.1, -0.05) is 36.4 Å². The second kappa shape index (κ2) is 23.7. The second-order valence-corrected chi connectivity index (χ2v) is 14.2. The highest BCUT2D eigenvalue weighted by atomic mass is 127. The molecule has 0 amide bonds. The van der Waals surface area contributed by atoms with Crippen LogP contribution in [-0.4, -0.2) is 74.6 Å². The lowest BCUT2D eigenvalue weighted by molar-refractivity contribution is -0.145. The number of carbonyl (C=O) groups excluding carboxylic acids is 3. The van der Waals surface area contributed by atoms with Crippen LogP contribution in [0.15, 0.2) is 77.6 Å². The molecule has 0 radical (unpaired) electrons. The van der Waals surface area contributed by atoms with Crippen LogP contribution in [0.2, 0.25) is 0 Å². The predicted octanol–water partition coefficient (Wildman–Crippen LogP) is 7.20. The van der Waals surface area contributed by atoms with Gasteiger partial charge in [0.15, 0.2) is 5.43 Å². The van der Waals surface area contributed by atoms with Gasteiger partial charge in [0.25, 0.3) is 0 Å². The number of anilines is 1. The Morgan fingerprint density at radius 3 is 1.89 bits per heavy atom. The molecule has 5 rings (SSSR count). The molecule has 0 unspecified atom stereocenters. The van der Waals surface area contributed by atoms with E-state index in [1.807, 2.05) is 13.8 Å². The van der Waals surface area contributed by atoms with Crippen molar-refractivity contribution in [2.24, 2.45) is 0 Å². The van der Waals surface area contributed by atoms with E-state index in [0.717, 1.165) is 26.3 Å². The number of nitrogens with one attached hydrogen (secondary N) is 1. The van der Waals surface area contributed by atoms with Crippen molar-refractivity contribution in [3.63, 3.8) is 0 Å². The molecule has 0 saturated carbocycles. The number of H-pyrrole nitrogens is 1. The number of aryl methyl sites for hydroxylation is 2. The van der Waals surface area contributed by atoms with E-state index in [4.69, 9.17) is 20.7 Å². The van der Waals surface area contributed by atoms with E-state index in [9.17, 15) is 28.8 Å². The predicted molar refractivity (Wildman–Crippen MR) is 220 cm³/mol. The Labute approximate surface area is 332 Å². The van der Waals surface area contributed by atoms with E-state index in [1.165, 1.54) is 38.3 Å². The summed E-state index contributed by atoms with van der Waals surface area (Å²) in [7, 11) is 2.87. The summed E-state index contributed by atoms with van der Waals surface area (Å²) < 4.78 is 15.1. The number of alkyl halides is 1. The van der Waals surface area contributed by atoms with Gasteiger partial charge in [-0.2, -0.15) is 0 Å². The molecule has 294 valence electrons. The highest BCUT2D eigenvalue weighted by Crippen LogP contribution is 2.26. The summed E-state index contributed by atoms with van der Waals surface area (Å²) in [6, 6.07) is 19.0. The third kappa shape index (κ3) is 17.2. The lowest BCUT2D eigenvalue weighted by Gasteiger charge is -2.07. The molecule has 0 aliphatic rings. The maximum absolute atomic E-state index is 11.7. The number of nitrogens with two attached hydrogens (primary N) is 1. The largest absolute Gasteiger partial charge is 0.496 e. The van der Waals surface area contributed by atoms with Crippen molar-refractivity contribution in [2.75, 3.05) is 26.6 Å². The van der Waals surface area contributed by atoms with Crippen LogP contribution in [0.5, 0.6) is 5.75 Å². The third-order valence-corrected chi connectivity index (χ3v) is 6.61. The molecule has 2 heterocycles. The van der Waals surface area contributed by atoms with Crippen molar-refractivity contribution >= 4 is 79.7 Å². The first-order valence-electron chi connectivity index (χ1n) is 16.6. The number of Topliss-reactive ketones (excluding diaryl/α,β-unsaturated/α-hetero) is 1. The minimum absolute atomic E-state index is 0.1000. The molecular weight excluding hydrogens is 825 g/mol. The molecule has 55 heavy (non-hydrogen) atoms. The van der Waals surface area contributed by atoms with Crippen molar-refractivity contribution in [2.45, 2.75) is 51.9 Å². The van der Waals surface area contributed by atoms with E-state index >= 15 is 0 Å². The molecule has 3 aromatic carbocycles. The molecular formula is C40H46IN3O11. The number of aromatic amines is 1. The molecule has 2 aromatic heterocycles. The number of nitrogen functional groups attached to an aromatic ring is 1. The molecule has 0 aliphatic heterocycles. The summed E-state index contributed by atoms with van der Waals surface area (Å²) in [5.74, 6) is -2.28. The Balaban J connectivity index is 0.000000365. The smallest absolute Gasteiger partial charge is 0.337 e. The number of pyridine rings is 2. The normalized spacial score (nSPS) is 9.78. The molecule has 5 aromatic rings. The summed E-state index contributed by atoms with van der Waals surface area (Å²) in [4.78, 5) is 72.1. The van der Waals surface area contributed by atoms with Gasteiger partial charge in [-0.3, -0.25) is 19.4 Å². The Bertz CT molecular complexity index is 2140. The Morgan fingerprint density at radius 2 is 1.38 bits per heavy atom. The van der Waals surface area contributed by atoms with E-state index in [-0.39, 0.29) is 28.8 Å². The van der Waals surface area contributed by atoms with E-state index < -0.39 is 23.9 Å².